The molecule has 2 amide bonds. The van der Waals surface area contributed by atoms with E-state index >= 15 is 0 Å². The second-order valence-electron chi connectivity index (χ2n) is 6.30. The second kappa shape index (κ2) is 8.60. The zero-order chi connectivity index (χ0) is 21.0. The molecule has 0 aliphatic rings. The summed E-state index contributed by atoms with van der Waals surface area (Å²) < 4.78 is 27.8. The summed E-state index contributed by atoms with van der Waals surface area (Å²) in [6.45, 7) is 1.41. The molecule has 8 nitrogen and oxygen atoms in total. The van der Waals surface area contributed by atoms with Crippen LogP contribution in [-0.2, 0) is 14.8 Å². The Kier molecular flexibility index (Phi) is 6.16. The molecule has 3 aromatic rings. The number of hydrogen-bond acceptors (Lipinski definition) is 5. The van der Waals surface area contributed by atoms with Gasteiger partial charge in [0.1, 0.15) is 4.88 Å². The minimum atomic E-state index is -3.81. The third kappa shape index (κ3) is 4.73. The molecule has 0 saturated carbocycles. The molecule has 10 heteroatoms. The second-order valence-corrected chi connectivity index (χ2v) is 9.26. The first kappa shape index (κ1) is 20.8. The average Bonchev–Trinajstić information content (AvgIpc) is 3.37. The molecule has 3 rings (SSSR count). The van der Waals surface area contributed by atoms with Gasteiger partial charge in [-0.2, -0.15) is 4.31 Å². The number of nitrogens with one attached hydrogen (secondary N) is 2. The Hall–Kier alpha value is -2.95. The molecule has 0 radical (unpaired) electrons. The van der Waals surface area contributed by atoms with E-state index in [1.54, 1.807) is 28.1 Å². The third-order valence-electron chi connectivity index (χ3n) is 4.14. The number of likely N-dealkylation sites (N-methyl/N-ethyl adjacent to an activating group) is 1. The summed E-state index contributed by atoms with van der Waals surface area (Å²) in [6, 6.07) is 11.8. The molecule has 0 fully saturated rings. The maximum absolute atomic E-state index is 12.5. The zero-order valence-corrected chi connectivity index (χ0v) is 17.5. The number of thiophene rings is 1. The molecule has 0 aliphatic carbocycles. The van der Waals surface area contributed by atoms with Gasteiger partial charge in [0.2, 0.25) is 10.0 Å². The molecule has 0 spiro atoms. The van der Waals surface area contributed by atoms with E-state index in [4.69, 9.17) is 0 Å². The van der Waals surface area contributed by atoms with Crippen molar-refractivity contribution in [1.82, 2.24) is 19.7 Å². The fraction of sp³-hybridized carbons (Fsp3) is 0.158. The lowest BCUT2D eigenvalue weighted by atomic mass is 10.2. The topological polar surface area (TPSA) is 101 Å². The van der Waals surface area contributed by atoms with Crippen molar-refractivity contribution in [3.8, 4) is 5.69 Å². The summed E-state index contributed by atoms with van der Waals surface area (Å²) in [6.07, 6.45) is 3.62. The van der Waals surface area contributed by atoms with Crippen LogP contribution >= 0.6 is 11.3 Å². The molecule has 2 N–H and O–H groups in total. The van der Waals surface area contributed by atoms with E-state index in [1.807, 2.05) is 31.5 Å². The number of hydrogen-bond donors (Lipinski definition) is 2. The van der Waals surface area contributed by atoms with E-state index in [2.05, 4.69) is 10.9 Å². The van der Waals surface area contributed by atoms with Gasteiger partial charge in [-0.3, -0.25) is 20.4 Å². The first-order valence-electron chi connectivity index (χ1n) is 8.62. The molecule has 152 valence electrons. The smallest absolute Gasteiger partial charge is 0.281 e. The Balaban J connectivity index is 1.59. The lowest BCUT2D eigenvalue weighted by Gasteiger charge is -2.17. The molecule has 0 saturated heterocycles. The van der Waals surface area contributed by atoms with Crippen molar-refractivity contribution in [3.05, 3.63) is 70.7 Å². The Labute approximate surface area is 172 Å². The number of carbonyl (C=O) groups excluding carboxylic acids is 2. The fourth-order valence-corrected chi connectivity index (χ4v) is 4.48. The van der Waals surface area contributed by atoms with Crippen LogP contribution in [0.5, 0.6) is 0 Å². The first-order valence-corrected chi connectivity index (χ1v) is 10.9. The van der Waals surface area contributed by atoms with Crippen molar-refractivity contribution in [2.45, 2.75) is 11.8 Å². The van der Waals surface area contributed by atoms with Crippen molar-refractivity contribution < 1.29 is 18.0 Å². The highest BCUT2D eigenvalue weighted by atomic mass is 32.2. The lowest BCUT2D eigenvalue weighted by Crippen LogP contribution is -2.46. The van der Waals surface area contributed by atoms with Crippen LogP contribution in [0.1, 0.15) is 15.2 Å². The van der Waals surface area contributed by atoms with Crippen molar-refractivity contribution in [1.29, 1.82) is 0 Å². The Morgan fingerprint density at radius 2 is 1.72 bits per heavy atom. The summed E-state index contributed by atoms with van der Waals surface area (Å²) in [5.74, 6) is -1.14. The molecule has 0 atom stereocenters. The number of amides is 2. The summed E-state index contributed by atoms with van der Waals surface area (Å²) in [5.41, 5.74) is 6.20. The highest BCUT2D eigenvalue weighted by Gasteiger charge is 2.23. The normalized spacial score (nSPS) is 11.4. The van der Waals surface area contributed by atoms with Crippen LogP contribution < -0.4 is 10.9 Å². The zero-order valence-electron chi connectivity index (χ0n) is 15.8. The standard InChI is InChI=1S/C19H20N4O4S2/c1-14-5-7-15(8-6-14)29(26,27)22(2)13-17(24)20-21-19(25)18-16(9-12-28-18)23-10-3-4-11-23/h3-12H,13H2,1-2H3,(H,20,24)(H,21,25). The monoisotopic (exact) mass is 432 g/mol. The predicted molar refractivity (Wildman–Crippen MR) is 110 cm³/mol. The van der Waals surface area contributed by atoms with Crippen LogP contribution in [-0.4, -0.2) is 42.7 Å². The van der Waals surface area contributed by atoms with Crippen LogP contribution in [0.4, 0.5) is 0 Å². The number of rotatable bonds is 6. The number of aryl methyl sites for hydroxylation is 1. The van der Waals surface area contributed by atoms with Crippen molar-refractivity contribution >= 4 is 33.2 Å². The van der Waals surface area contributed by atoms with Gasteiger partial charge in [0.05, 0.1) is 17.1 Å². The first-order chi connectivity index (χ1) is 13.8. The summed E-state index contributed by atoms with van der Waals surface area (Å²) in [7, 11) is -2.50. The van der Waals surface area contributed by atoms with E-state index in [0.29, 0.717) is 10.6 Å². The van der Waals surface area contributed by atoms with Gasteiger partial charge in [0, 0.05) is 19.4 Å². The molecular formula is C19H20N4O4S2. The highest BCUT2D eigenvalue weighted by Crippen LogP contribution is 2.21. The highest BCUT2D eigenvalue weighted by molar-refractivity contribution is 7.89. The lowest BCUT2D eigenvalue weighted by molar-refractivity contribution is -0.121. The van der Waals surface area contributed by atoms with Crippen LogP contribution in [0.2, 0.25) is 0 Å². The Bertz CT molecular complexity index is 1100. The molecular weight excluding hydrogens is 412 g/mol. The number of benzene rings is 1. The maximum Gasteiger partial charge on any atom is 0.281 e. The molecule has 2 heterocycles. The summed E-state index contributed by atoms with van der Waals surface area (Å²) in [5, 5.41) is 1.77. The molecule has 1 aromatic carbocycles. The van der Waals surface area contributed by atoms with Gasteiger partial charge < -0.3 is 4.57 Å². The maximum atomic E-state index is 12.5. The number of carbonyl (C=O) groups is 2. The molecule has 2 aromatic heterocycles. The minimum absolute atomic E-state index is 0.0948. The van der Waals surface area contributed by atoms with E-state index < -0.39 is 28.4 Å². The Morgan fingerprint density at radius 3 is 2.38 bits per heavy atom. The van der Waals surface area contributed by atoms with Crippen LogP contribution in [0.15, 0.2) is 65.1 Å². The van der Waals surface area contributed by atoms with Gasteiger partial charge in [-0.15, -0.1) is 11.3 Å². The third-order valence-corrected chi connectivity index (χ3v) is 6.86. The molecule has 0 aliphatic heterocycles. The SMILES string of the molecule is Cc1ccc(S(=O)(=O)N(C)CC(=O)NNC(=O)c2sccc2-n2cccc2)cc1. The fourth-order valence-electron chi connectivity index (χ4n) is 2.57. The van der Waals surface area contributed by atoms with E-state index in [1.165, 1.54) is 30.5 Å². The van der Waals surface area contributed by atoms with Crippen LogP contribution in [0.3, 0.4) is 0 Å². The minimum Gasteiger partial charge on any atom is -0.322 e. The quantitative estimate of drug-likeness (QED) is 0.581. The number of sulfonamides is 1. The number of aromatic nitrogens is 1. The van der Waals surface area contributed by atoms with Crippen molar-refractivity contribution in [2.24, 2.45) is 0 Å². The van der Waals surface area contributed by atoms with Gasteiger partial charge in [-0.1, -0.05) is 17.7 Å². The van der Waals surface area contributed by atoms with Gasteiger partial charge in [-0.05, 0) is 42.6 Å². The summed E-state index contributed by atoms with van der Waals surface area (Å²) >= 11 is 1.23. The van der Waals surface area contributed by atoms with Gasteiger partial charge in [0.15, 0.2) is 0 Å². The predicted octanol–water partition coefficient (Wildman–Crippen LogP) is 1.93. The van der Waals surface area contributed by atoms with Crippen LogP contribution in [0, 0.1) is 6.92 Å². The Morgan fingerprint density at radius 1 is 1.07 bits per heavy atom. The van der Waals surface area contributed by atoms with E-state index in [9.17, 15) is 18.0 Å². The van der Waals surface area contributed by atoms with Crippen LogP contribution in [0.25, 0.3) is 5.69 Å². The largest absolute Gasteiger partial charge is 0.322 e. The number of nitrogens with zero attached hydrogens (tertiary/aromatic N) is 2. The average molecular weight is 433 g/mol. The van der Waals surface area contributed by atoms with Crippen molar-refractivity contribution in [2.75, 3.05) is 13.6 Å². The van der Waals surface area contributed by atoms with Gasteiger partial charge in [0.25, 0.3) is 11.8 Å². The number of hydrazine groups is 1. The molecule has 29 heavy (non-hydrogen) atoms. The molecule has 0 unspecified atom stereocenters. The molecule has 0 bridgehead atoms. The van der Waals surface area contributed by atoms with Gasteiger partial charge >= 0.3 is 0 Å². The summed E-state index contributed by atoms with van der Waals surface area (Å²) in [4.78, 5) is 25.1. The van der Waals surface area contributed by atoms with E-state index in [-0.39, 0.29) is 4.90 Å². The van der Waals surface area contributed by atoms with Gasteiger partial charge in [-0.25, -0.2) is 8.42 Å². The van der Waals surface area contributed by atoms with E-state index in [0.717, 1.165) is 9.87 Å². The van der Waals surface area contributed by atoms with Crippen molar-refractivity contribution in [3.63, 3.8) is 0 Å².